The van der Waals surface area contributed by atoms with Crippen LogP contribution in [0.15, 0.2) is 72.8 Å². The third-order valence-electron chi connectivity index (χ3n) is 8.54. The summed E-state index contributed by atoms with van der Waals surface area (Å²) in [6.07, 6.45) is 5.93. The van der Waals surface area contributed by atoms with Crippen molar-refractivity contribution in [3.8, 4) is 11.5 Å². The summed E-state index contributed by atoms with van der Waals surface area (Å²) in [5.74, 6) is 0.712. The van der Waals surface area contributed by atoms with E-state index in [1.807, 2.05) is 61.5 Å². The summed E-state index contributed by atoms with van der Waals surface area (Å²) in [6.45, 7) is 3.20. The van der Waals surface area contributed by atoms with Crippen LogP contribution in [0.25, 0.3) is 0 Å². The number of nitrogens with zero attached hydrogens (tertiary/aromatic N) is 2. The third-order valence-corrected chi connectivity index (χ3v) is 9.73. The van der Waals surface area contributed by atoms with Crippen LogP contribution < -0.4 is 19.1 Å². The lowest BCUT2D eigenvalue weighted by molar-refractivity contribution is -0.141. The fourth-order valence-electron chi connectivity index (χ4n) is 6.08. The summed E-state index contributed by atoms with van der Waals surface area (Å²) in [6, 6.07) is 22.1. The van der Waals surface area contributed by atoms with Gasteiger partial charge >= 0.3 is 0 Å². The molecule has 2 aliphatic rings. The number of nitrogens with one attached hydrogen (secondary N) is 1. The molecule has 0 saturated heterocycles. The number of rotatable bonds is 13. The first-order valence-electron chi connectivity index (χ1n) is 15.7. The van der Waals surface area contributed by atoms with Gasteiger partial charge in [-0.25, -0.2) is 8.42 Å². The molecule has 1 N–H and O–H groups in total. The Labute approximate surface area is 266 Å². The van der Waals surface area contributed by atoms with Crippen molar-refractivity contribution in [3.63, 3.8) is 0 Å². The van der Waals surface area contributed by atoms with Gasteiger partial charge in [-0.1, -0.05) is 67.4 Å². The maximum absolute atomic E-state index is 14.1. The molecule has 240 valence electrons. The lowest BCUT2D eigenvalue weighted by atomic mass is 10.0. The number of benzene rings is 3. The summed E-state index contributed by atoms with van der Waals surface area (Å²) in [5, 5.41) is 3.23. The van der Waals surface area contributed by atoms with Crippen molar-refractivity contribution in [2.45, 2.75) is 70.5 Å². The average Bonchev–Trinajstić information content (AvgIpc) is 3.54. The van der Waals surface area contributed by atoms with E-state index in [1.54, 1.807) is 23.1 Å². The highest BCUT2D eigenvalue weighted by molar-refractivity contribution is 7.92. The highest BCUT2D eigenvalue weighted by Crippen LogP contribution is 2.35. The molecule has 3 aromatic rings. The molecule has 1 atom stereocenters. The van der Waals surface area contributed by atoms with Crippen molar-refractivity contribution in [3.05, 3.63) is 89.5 Å². The lowest BCUT2D eigenvalue weighted by Crippen LogP contribution is -2.52. The van der Waals surface area contributed by atoms with E-state index in [0.717, 1.165) is 48.6 Å². The average molecular weight is 634 g/mol. The molecule has 9 nitrogen and oxygen atoms in total. The van der Waals surface area contributed by atoms with Crippen LogP contribution in [-0.4, -0.2) is 63.2 Å². The van der Waals surface area contributed by atoms with E-state index in [4.69, 9.17) is 9.47 Å². The molecule has 0 aromatic heterocycles. The van der Waals surface area contributed by atoms with E-state index < -0.39 is 16.1 Å². The predicted molar refractivity (Wildman–Crippen MR) is 175 cm³/mol. The Balaban J connectivity index is 1.38. The van der Waals surface area contributed by atoms with E-state index in [-0.39, 0.29) is 43.8 Å². The minimum Gasteiger partial charge on any atom is -0.486 e. The first kappa shape index (κ1) is 32.3. The number of ether oxygens (including phenoxy) is 2. The monoisotopic (exact) mass is 633 g/mol. The minimum atomic E-state index is -3.65. The Morgan fingerprint density at radius 2 is 1.62 bits per heavy atom. The smallest absolute Gasteiger partial charge is 0.243 e. The van der Waals surface area contributed by atoms with Crippen LogP contribution in [0.2, 0.25) is 0 Å². The summed E-state index contributed by atoms with van der Waals surface area (Å²) >= 11 is 0. The van der Waals surface area contributed by atoms with Crippen LogP contribution in [0.1, 0.15) is 55.2 Å². The van der Waals surface area contributed by atoms with Gasteiger partial charge in [-0.3, -0.25) is 13.9 Å². The molecular weight excluding hydrogens is 590 g/mol. The van der Waals surface area contributed by atoms with Crippen LogP contribution in [0.4, 0.5) is 5.69 Å². The third kappa shape index (κ3) is 8.57. The molecular formula is C35H43N3O6S. The molecule has 3 aromatic carbocycles. The second-order valence-electron chi connectivity index (χ2n) is 11.9. The van der Waals surface area contributed by atoms with Gasteiger partial charge in [0.2, 0.25) is 21.8 Å². The van der Waals surface area contributed by atoms with Gasteiger partial charge in [-0.2, -0.15) is 0 Å². The fraction of sp³-hybridized carbons (Fsp3) is 0.429. The van der Waals surface area contributed by atoms with Gasteiger partial charge in [-0.05, 0) is 55.0 Å². The maximum Gasteiger partial charge on any atom is 0.243 e. The number of anilines is 1. The Morgan fingerprint density at radius 3 is 2.33 bits per heavy atom. The molecule has 1 heterocycles. The zero-order valence-electron chi connectivity index (χ0n) is 26.1. The minimum absolute atomic E-state index is 0.0739. The first-order chi connectivity index (χ1) is 21.7. The number of fused-ring (bicyclic) bond motifs is 1. The van der Waals surface area contributed by atoms with Gasteiger partial charge in [0.1, 0.15) is 19.3 Å². The summed E-state index contributed by atoms with van der Waals surface area (Å²) in [7, 11) is -3.65. The van der Waals surface area contributed by atoms with Crippen LogP contribution in [0, 0.1) is 6.92 Å². The molecule has 5 rings (SSSR count). The number of sulfonamides is 1. The van der Waals surface area contributed by atoms with Crippen LogP contribution in [0.3, 0.4) is 0 Å². The number of carbonyl (C=O) groups is 2. The molecule has 1 saturated carbocycles. The Morgan fingerprint density at radius 1 is 0.933 bits per heavy atom. The van der Waals surface area contributed by atoms with Crippen LogP contribution in [-0.2, 0) is 32.6 Å². The molecule has 1 fully saturated rings. The van der Waals surface area contributed by atoms with Crippen molar-refractivity contribution in [2.75, 3.05) is 30.3 Å². The van der Waals surface area contributed by atoms with Gasteiger partial charge in [0.15, 0.2) is 11.5 Å². The molecule has 10 heteroatoms. The van der Waals surface area contributed by atoms with Crippen molar-refractivity contribution in [1.82, 2.24) is 10.2 Å². The highest BCUT2D eigenvalue weighted by atomic mass is 32.2. The normalized spacial score (nSPS) is 15.3. The number of hydrogen-bond acceptors (Lipinski definition) is 6. The van der Waals surface area contributed by atoms with Crippen molar-refractivity contribution >= 4 is 27.5 Å². The molecule has 0 radical (unpaired) electrons. The second kappa shape index (κ2) is 14.8. The summed E-state index contributed by atoms with van der Waals surface area (Å²) < 4.78 is 38.3. The summed E-state index contributed by atoms with van der Waals surface area (Å²) in [4.78, 5) is 29.7. The molecule has 45 heavy (non-hydrogen) atoms. The van der Waals surface area contributed by atoms with Gasteiger partial charge in [0.25, 0.3) is 0 Å². The molecule has 2 amide bonds. The molecule has 0 spiro atoms. The molecule has 0 bridgehead atoms. The lowest BCUT2D eigenvalue weighted by Gasteiger charge is -2.33. The SMILES string of the molecule is Cc1ccccc1CN(C(=O)CCCN(c1ccc2c(c1)OCCO2)S(C)(=O)=O)[C@@H](Cc1ccccc1)C(=O)NC1CCCC1. The van der Waals surface area contributed by atoms with E-state index in [9.17, 15) is 18.0 Å². The van der Waals surface area contributed by atoms with Gasteiger partial charge < -0.3 is 19.7 Å². The second-order valence-corrected chi connectivity index (χ2v) is 13.8. The Bertz CT molecular complexity index is 1570. The Hall–Kier alpha value is -4.05. The zero-order chi connectivity index (χ0) is 31.8. The predicted octanol–water partition coefficient (Wildman–Crippen LogP) is 5.01. The van der Waals surface area contributed by atoms with E-state index in [1.165, 1.54) is 4.31 Å². The number of carbonyl (C=O) groups excluding carboxylic acids is 2. The quantitative estimate of drug-likeness (QED) is 0.284. The van der Waals surface area contributed by atoms with E-state index in [0.29, 0.717) is 36.8 Å². The molecule has 1 aliphatic carbocycles. The maximum atomic E-state index is 14.1. The van der Waals surface area contributed by atoms with Gasteiger partial charge in [0.05, 0.1) is 11.9 Å². The molecule has 0 unspecified atom stereocenters. The van der Waals surface area contributed by atoms with Crippen LogP contribution >= 0.6 is 0 Å². The van der Waals surface area contributed by atoms with Crippen molar-refractivity contribution < 1.29 is 27.5 Å². The summed E-state index contributed by atoms with van der Waals surface area (Å²) in [5.41, 5.74) is 3.41. The topological polar surface area (TPSA) is 105 Å². The van der Waals surface area contributed by atoms with Gasteiger partial charge in [0, 0.05) is 38.0 Å². The first-order valence-corrected chi connectivity index (χ1v) is 17.6. The highest BCUT2D eigenvalue weighted by Gasteiger charge is 2.32. The van der Waals surface area contributed by atoms with Gasteiger partial charge in [-0.15, -0.1) is 0 Å². The van der Waals surface area contributed by atoms with Crippen molar-refractivity contribution in [1.29, 1.82) is 0 Å². The number of aryl methyl sites for hydroxylation is 1. The standard InChI is InChI=1S/C35H43N3O6S/c1-26-11-6-7-14-28(26)25-37(31(23-27-12-4-3-5-13-27)35(40)36-29-15-8-9-16-29)34(39)17-10-20-38(45(2,41)42)30-18-19-32-33(24-30)44-22-21-43-32/h3-7,11-14,18-19,24,29,31H,8-10,15-17,20-23,25H2,1-2H3,(H,36,40)/t31-/m0/s1. The number of hydrogen-bond donors (Lipinski definition) is 1. The Kier molecular flexibility index (Phi) is 10.7. The van der Waals surface area contributed by atoms with Crippen molar-refractivity contribution in [2.24, 2.45) is 0 Å². The fourth-order valence-corrected chi connectivity index (χ4v) is 7.04. The van der Waals surface area contributed by atoms with E-state index in [2.05, 4.69) is 5.32 Å². The number of amides is 2. The molecule has 1 aliphatic heterocycles. The zero-order valence-corrected chi connectivity index (χ0v) is 26.9. The largest absolute Gasteiger partial charge is 0.486 e. The van der Waals surface area contributed by atoms with E-state index >= 15 is 0 Å². The van der Waals surface area contributed by atoms with Crippen LogP contribution in [0.5, 0.6) is 11.5 Å².